The molecule has 3 aromatic rings. The molecule has 0 unspecified atom stereocenters. The summed E-state index contributed by atoms with van der Waals surface area (Å²) in [6.07, 6.45) is 6.43. The van der Waals surface area contributed by atoms with Crippen molar-refractivity contribution in [1.29, 1.82) is 0 Å². The van der Waals surface area contributed by atoms with Crippen molar-refractivity contribution in [2.24, 2.45) is 0 Å². The SMILES string of the molecule is Nc1ccc2c(c1)CCCN2Cc1cn2ccccc2n1. The summed E-state index contributed by atoms with van der Waals surface area (Å²) in [6.45, 7) is 1.92. The molecule has 1 aliphatic heterocycles. The van der Waals surface area contributed by atoms with Crippen LogP contribution in [0.1, 0.15) is 17.7 Å². The summed E-state index contributed by atoms with van der Waals surface area (Å²) in [5, 5.41) is 0. The van der Waals surface area contributed by atoms with E-state index < -0.39 is 0 Å². The lowest BCUT2D eigenvalue weighted by Crippen LogP contribution is -2.29. The molecule has 0 saturated heterocycles. The molecule has 0 saturated carbocycles. The summed E-state index contributed by atoms with van der Waals surface area (Å²) in [5.41, 5.74) is 11.5. The van der Waals surface area contributed by atoms with Crippen LogP contribution in [0.15, 0.2) is 48.8 Å². The molecule has 0 atom stereocenters. The summed E-state index contributed by atoms with van der Waals surface area (Å²) in [7, 11) is 0. The molecule has 0 fully saturated rings. The van der Waals surface area contributed by atoms with Crippen molar-refractivity contribution >= 4 is 17.0 Å². The number of nitrogen functional groups attached to an aromatic ring is 1. The van der Waals surface area contributed by atoms with Gasteiger partial charge in [0.25, 0.3) is 0 Å². The van der Waals surface area contributed by atoms with Gasteiger partial charge in [-0.1, -0.05) is 6.07 Å². The van der Waals surface area contributed by atoms with Gasteiger partial charge in [0.05, 0.1) is 12.2 Å². The third kappa shape index (κ3) is 2.23. The fourth-order valence-electron chi connectivity index (χ4n) is 3.12. The summed E-state index contributed by atoms with van der Waals surface area (Å²) in [6, 6.07) is 12.3. The molecule has 106 valence electrons. The van der Waals surface area contributed by atoms with Crippen LogP contribution in [0.25, 0.3) is 5.65 Å². The highest BCUT2D eigenvalue weighted by molar-refractivity contribution is 5.61. The number of nitrogens with two attached hydrogens (primary N) is 1. The minimum atomic E-state index is 0.846. The molecule has 2 N–H and O–H groups in total. The van der Waals surface area contributed by atoms with Gasteiger partial charge in [-0.3, -0.25) is 0 Å². The highest BCUT2D eigenvalue weighted by Crippen LogP contribution is 2.29. The van der Waals surface area contributed by atoms with Crippen LogP contribution in [0, 0.1) is 0 Å². The number of imidazole rings is 1. The lowest BCUT2D eigenvalue weighted by atomic mass is 10.0. The monoisotopic (exact) mass is 278 g/mol. The fourth-order valence-corrected chi connectivity index (χ4v) is 3.12. The summed E-state index contributed by atoms with van der Waals surface area (Å²) >= 11 is 0. The van der Waals surface area contributed by atoms with E-state index in [2.05, 4.69) is 27.6 Å². The number of pyridine rings is 1. The normalized spacial score (nSPS) is 14.4. The van der Waals surface area contributed by atoms with Crippen molar-refractivity contribution < 1.29 is 0 Å². The van der Waals surface area contributed by atoms with E-state index >= 15 is 0 Å². The quantitative estimate of drug-likeness (QED) is 0.733. The van der Waals surface area contributed by atoms with E-state index in [0.717, 1.165) is 36.5 Å². The van der Waals surface area contributed by atoms with Gasteiger partial charge in [-0.05, 0) is 48.7 Å². The molecule has 1 aliphatic rings. The summed E-state index contributed by atoms with van der Waals surface area (Å²) < 4.78 is 2.07. The molecule has 0 bridgehead atoms. The average molecular weight is 278 g/mol. The van der Waals surface area contributed by atoms with Crippen molar-refractivity contribution in [2.45, 2.75) is 19.4 Å². The first-order valence-corrected chi connectivity index (χ1v) is 7.35. The number of aryl methyl sites for hydroxylation is 1. The Labute approximate surface area is 123 Å². The molecular weight excluding hydrogens is 260 g/mol. The maximum absolute atomic E-state index is 5.90. The first-order valence-electron chi connectivity index (χ1n) is 7.35. The molecule has 21 heavy (non-hydrogen) atoms. The zero-order valence-corrected chi connectivity index (χ0v) is 11.9. The zero-order valence-electron chi connectivity index (χ0n) is 11.9. The van der Waals surface area contributed by atoms with Crippen LogP contribution in [0.2, 0.25) is 0 Å². The number of rotatable bonds is 2. The Kier molecular flexibility index (Phi) is 2.81. The molecule has 2 aromatic heterocycles. The van der Waals surface area contributed by atoms with Gasteiger partial charge in [0, 0.05) is 30.3 Å². The van der Waals surface area contributed by atoms with Crippen LogP contribution in [0.4, 0.5) is 11.4 Å². The highest BCUT2D eigenvalue weighted by atomic mass is 15.2. The Balaban J connectivity index is 1.66. The number of aromatic nitrogens is 2. The maximum atomic E-state index is 5.90. The number of hydrogen-bond donors (Lipinski definition) is 1. The first-order chi connectivity index (χ1) is 10.3. The van der Waals surface area contributed by atoms with Crippen LogP contribution in [-0.2, 0) is 13.0 Å². The predicted molar refractivity (Wildman–Crippen MR) is 85.4 cm³/mol. The van der Waals surface area contributed by atoms with Gasteiger partial charge < -0.3 is 15.0 Å². The van der Waals surface area contributed by atoms with Gasteiger partial charge in [-0.2, -0.15) is 0 Å². The lowest BCUT2D eigenvalue weighted by Gasteiger charge is -2.30. The van der Waals surface area contributed by atoms with Crippen molar-refractivity contribution in [1.82, 2.24) is 9.38 Å². The molecular formula is C17H18N4. The molecule has 0 aliphatic carbocycles. The molecule has 0 amide bonds. The van der Waals surface area contributed by atoms with Crippen LogP contribution in [0.5, 0.6) is 0 Å². The number of fused-ring (bicyclic) bond motifs is 2. The second kappa shape index (κ2) is 4.81. The Morgan fingerprint density at radius 3 is 3.05 bits per heavy atom. The lowest BCUT2D eigenvalue weighted by molar-refractivity contribution is 0.686. The predicted octanol–water partition coefficient (Wildman–Crippen LogP) is 2.87. The van der Waals surface area contributed by atoms with Gasteiger partial charge >= 0.3 is 0 Å². The number of anilines is 2. The van der Waals surface area contributed by atoms with Gasteiger partial charge in [-0.15, -0.1) is 0 Å². The van der Waals surface area contributed by atoms with E-state index in [1.165, 1.54) is 17.7 Å². The molecule has 1 aromatic carbocycles. The largest absolute Gasteiger partial charge is 0.399 e. The van der Waals surface area contributed by atoms with Crippen LogP contribution >= 0.6 is 0 Å². The van der Waals surface area contributed by atoms with Gasteiger partial charge in [0.15, 0.2) is 0 Å². The highest BCUT2D eigenvalue weighted by Gasteiger charge is 2.18. The van der Waals surface area contributed by atoms with E-state index in [9.17, 15) is 0 Å². The Bertz CT molecular complexity index is 757. The Morgan fingerprint density at radius 1 is 1.19 bits per heavy atom. The Hall–Kier alpha value is -2.49. The van der Waals surface area contributed by atoms with E-state index in [1.807, 2.05) is 30.5 Å². The zero-order chi connectivity index (χ0) is 14.2. The second-order valence-electron chi connectivity index (χ2n) is 5.61. The van der Waals surface area contributed by atoms with Gasteiger partial charge in [0.2, 0.25) is 0 Å². The van der Waals surface area contributed by atoms with E-state index in [-0.39, 0.29) is 0 Å². The molecule has 4 heteroatoms. The van der Waals surface area contributed by atoms with E-state index in [0.29, 0.717) is 0 Å². The molecule has 0 spiro atoms. The van der Waals surface area contributed by atoms with Crippen LogP contribution < -0.4 is 10.6 Å². The molecule has 3 heterocycles. The van der Waals surface area contributed by atoms with E-state index in [4.69, 9.17) is 10.7 Å². The molecule has 4 nitrogen and oxygen atoms in total. The smallest absolute Gasteiger partial charge is 0.137 e. The van der Waals surface area contributed by atoms with Gasteiger partial charge in [0.1, 0.15) is 5.65 Å². The van der Waals surface area contributed by atoms with Crippen molar-refractivity contribution in [3.63, 3.8) is 0 Å². The fraction of sp³-hybridized carbons (Fsp3) is 0.235. The standard InChI is InChI=1S/C17H18N4/c18-14-6-7-16-13(10-14)4-3-9-20(16)11-15-12-21-8-2-1-5-17(21)19-15/h1-2,5-8,10,12H,3-4,9,11,18H2. The summed E-state index contributed by atoms with van der Waals surface area (Å²) in [5.74, 6) is 0. The molecule has 4 rings (SSSR count). The van der Waals surface area contributed by atoms with Crippen molar-refractivity contribution in [3.8, 4) is 0 Å². The third-order valence-electron chi connectivity index (χ3n) is 4.09. The third-order valence-corrected chi connectivity index (χ3v) is 4.09. The number of nitrogens with zero attached hydrogens (tertiary/aromatic N) is 3. The maximum Gasteiger partial charge on any atom is 0.137 e. The first kappa shape index (κ1) is 12.3. The number of hydrogen-bond acceptors (Lipinski definition) is 3. The average Bonchev–Trinajstić information content (AvgIpc) is 2.89. The number of benzene rings is 1. The van der Waals surface area contributed by atoms with Crippen LogP contribution in [-0.4, -0.2) is 15.9 Å². The minimum absolute atomic E-state index is 0.846. The topological polar surface area (TPSA) is 46.6 Å². The molecule has 0 radical (unpaired) electrons. The van der Waals surface area contributed by atoms with E-state index in [1.54, 1.807) is 0 Å². The minimum Gasteiger partial charge on any atom is -0.399 e. The Morgan fingerprint density at radius 2 is 2.14 bits per heavy atom. The van der Waals surface area contributed by atoms with Crippen molar-refractivity contribution in [2.75, 3.05) is 17.2 Å². The summed E-state index contributed by atoms with van der Waals surface area (Å²) in [4.78, 5) is 7.10. The van der Waals surface area contributed by atoms with Gasteiger partial charge in [-0.25, -0.2) is 4.98 Å². The van der Waals surface area contributed by atoms with Crippen molar-refractivity contribution in [3.05, 3.63) is 60.0 Å². The van der Waals surface area contributed by atoms with Crippen LogP contribution in [0.3, 0.4) is 0 Å². The second-order valence-corrected chi connectivity index (χ2v) is 5.61.